The molecule has 0 spiro atoms. The fourth-order valence-corrected chi connectivity index (χ4v) is 9.06. The van der Waals surface area contributed by atoms with E-state index in [0.717, 1.165) is 49.9 Å². The van der Waals surface area contributed by atoms with Crippen LogP contribution >= 0.6 is 0 Å². The Labute approximate surface area is 316 Å². The first-order valence-electron chi connectivity index (χ1n) is 18.8. The molecule has 256 valence electrons. The van der Waals surface area contributed by atoms with Gasteiger partial charge in [0.15, 0.2) is 0 Å². The predicted molar refractivity (Wildman–Crippen MR) is 231 cm³/mol. The molecular formula is C52H32N2O. The monoisotopic (exact) mass is 700 g/mol. The molecule has 55 heavy (non-hydrogen) atoms. The van der Waals surface area contributed by atoms with Crippen LogP contribution < -0.4 is 0 Å². The predicted octanol–water partition coefficient (Wildman–Crippen LogP) is 14.3. The van der Waals surface area contributed by atoms with E-state index in [1.54, 1.807) is 0 Å². The molecule has 12 aromatic rings. The molecule has 0 amide bonds. The lowest BCUT2D eigenvalue weighted by atomic mass is 9.96. The van der Waals surface area contributed by atoms with Gasteiger partial charge in [-0.25, -0.2) is 0 Å². The van der Waals surface area contributed by atoms with Crippen LogP contribution in [0, 0.1) is 0 Å². The second-order valence-electron chi connectivity index (χ2n) is 14.5. The first-order valence-corrected chi connectivity index (χ1v) is 18.8. The highest BCUT2D eigenvalue weighted by Crippen LogP contribution is 2.43. The lowest BCUT2D eigenvalue weighted by Gasteiger charge is -2.14. The molecule has 0 radical (unpaired) electrons. The van der Waals surface area contributed by atoms with E-state index in [4.69, 9.17) is 4.42 Å². The summed E-state index contributed by atoms with van der Waals surface area (Å²) >= 11 is 0. The quantitative estimate of drug-likeness (QED) is 0.179. The lowest BCUT2D eigenvalue weighted by molar-refractivity contribution is 0.669. The fourth-order valence-electron chi connectivity index (χ4n) is 9.06. The van der Waals surface area contributed by atoms with E-state index in [9.17, 15) is 0 Å². The molecule has 3 aromatic heterocycles. The van der Waals surface area contributed by atoms with Gasteiger partial charge in [-0.05, 0) is 93.7 Å². The van der Waals surface area contributed by atoms with Gasteiger partial charge in [-0.2, -0.15) is 0 Å². The number of furan rings is 1. The molecule has 0 aliphatic heterocycles. The SMILES string of the molecule is c1ccc(-n2c3ccccc3c3ccc(-c4ccc5c(c4)c4ccccc4n5-c4cc(-c5cccc6ccccc56)cc5oc6ccccc6c45)cc32)cc1. The molecule has 3 nitrogen and oxygen atoms in total. The molecule has 0 atom stereocenters. The van der Waals surface area contributed by atoms with E-state index in [2.05, 4.69) is 203 Å². The van der Waals surface area contributed by atoms with Gasteiger partial charge in [-0.1, -0.05) is 133 Å². The van der Waals surface area contributed by atoms with E-state index < -0.39 is 0 Å². The minimum absolute atomic E-state index is 0.881. The highest BCUT2D eigenvalue weighted by molar-refractivity contribution is 6.16. The summed E-state index contributed by atoms with van der Waals surface area (Å²) in [7, 11) is 0. The van der Waals surface area contributed by atoms with Crippen LogP contribution in [0.15, 0.2) is 199 Å². The third kappa shape index (κ3) is 4.44. The summed E-state index contributed by atoms with van der Waals surface area (Å²) < 4.78 is 11.5. The smallest absolute Gasteiger partial charge is 0.138 e. The first-order chi connectivity index (χ1) is 27.3. The number of rotatable bonds is 4. The van der Waals surface area contributed by atoms with Crippen LogP contribution in [0.3, 0.4) is 0 Å². The molecule has 0 unspecified atom stereocenters. The molecule has 9 aromatic carbocycles. The van der Waals surface area contributed by atoms with Gasteiger partial charge in [0.05, 0.1) is 33.1 Å². The highest BCUT2D eigenvalue weighted by atomic mass is 16.3. The largest absolute Gasteiger partial charge is 0.456 e. The van der Waals surface area contributed by atoms with E-state index in [0.29, 0.717) is 0 Å². The summed E-state index contributed by atoms with van der Waals surface area (Å²) in [5.41, 5.74) is 13.5. The first kappa shape index (κ1) is 30.1. The molecule has 0 bridgehead atoms. The number of nitrogens with zero attached hydrogens (tertiary/aromatic N) is 2. The molecule has 0 saturated heterocycles. The Morgan fingerprint density at radius 3 is 1.80 bits per heavy atom. The van der Waals surface area contributed by atoms with Crippen molar-refractivity contribution >= 4 is 76.3 Å². The van der Waals surface area contributed by atoms with Gasteiger partial charge in [-0.15, -0.1) is 0 Å². The number of fused-ring (bicyclic) bond motifs is 10. The van der Waals surface area contributed by atoms with Crippen LogP contribution in [0.2, 0.25) is 0 Å². The summed E-state index contributed by atoms with van der Waals surface area (Å²) in [6.45, 7) is 0. The zero-order chi connectivity index (χ0) is 36.0. The van der Waals surface area contributed by atoms with Crippen molar-refractivity contribution in [3.8, 4) is 33.6 Å². The van der Waals surface area contributed by atoms with Gasteiger partial charge < -0.3 is 13.6 Å². The Kier molecular flexibility index (Phi) is 6.34. The fraction of sp³-hybridized carbons (Fsp3) is 0. The topological polar surface area (TPSA) is 23.0 Å². The average Bonchev–Trinajstić information content (AvgIpc) is 3.90. The molecule has 3 heteroatoms. The minimum Gasteiger partial charge on any atom is -0.456 e. The maximum atomic E-state index is 6.65. The Balaban J connectivity index is 1.12. The maximum Gasteiger partial charge on any atom is 0.138 e. The second-order valence-corrected chi connectivity index (χ2v) is 14.5. The van der Waals surface area contributed by atoms with Crippen molar-refractivity contribution in [2.45, 2.75) is 0 Å². The zero-order valence-corrected chi connectivity index (χ0v) is 29.8. The van der Waals surface area contributed by atoms with E-state index >= 15 is 0 Å². The van der Waals surface area contributed by atoms with Crippen molar-refractivity contribution in [2.24, 2.45) is 0 Å². The summed E-state index contributed by atoms with van der Waals surface area (Å²) in [6, 6.07) is 70.3. The number of para-hydroxylation sites is 4. The van der Waals surface area contributed by atoms with E-state index in [-0.39, 0.29) is 0 Å². The number of hydrogen-bond donors (Lipinski definition) is 0. The number of benzene rings is 9. The minimum atomic E-state index is 0.881. The van der Waals surface area contributed by atoms with Crippen molar-refractivity contribution < 1.29 is 4.42 Å². The molecule has 0 aliphatic rings. The van der Waals surface area contributed by atoms with Crippen LogP contribution in [0.25, 0.3) is 110 Å². The third-order valence-electron chi connectivity index (χ3n) is 11.5. The maximum absolute atomic E-state index is 6.65. The van der Waals surface area contributed by atoms with Crippen molar-refractivity contribution in [3.05, 3.63) is 194 Å². The Hall–Kier alpha value is -7.36. The van der Waals surface area contributed by atoms with Crippen LogP contribution in [0.1, 0.15) is 0 Å². The molecular weight excluding hydrogens is 669 g/mol. The number of hydrogen-bond acceptors (Lipinski definition) is 1. The average molecular weight is 701 g/mol. The Morgan fingerprint density at radius 1 is 0.327 bits per heavy atom. The van der Waals surface area contributed by atoms with Crippen molar-refractivity contribution in [1.29, 1.82) is 0 Å². The number of aromatic nitrogens is 2. The molecule has 0 fully saturated rings. The van der Waals surface area contributed by atoms with Gasteiger partial charge in [-0.3, -0.25) is 0 Å². The van der Waals surface area contributed by atoms with Gasteiger partial charge >= 0.3 is 0 Å². The van der Waals surface area contributed by atoms with Crippen molar-refractivity contribution in [2.75, 3.05) is 0 Å². The Morgan fingerprint density at radius 2 is 0.945 bits per heavy atom. The van der Waals surface area contributed by atoms with Crippen LogP contribution in [-0.2, 0) is 0 Å². The normalized spacial score (nSPS) is 12.0. The molecule has 3 heterocycles. The van der Waals surface area contributed by atoms with Gasteiger partial charge in [0.2, 0.25) is 0 Å². The molecule has 0 N–H and O–H groups in total. The zero-order valence-electron chi connectivity index (χ0n) is 29.8. The van der Waals surface area contributed by atoms with E-state index in [1.165, 1.54) is 60.0 Å². The summed E-state index contributed by atoms with van der Waals surface area (Å²) in [4.78, 5) is 0. The second kappa shape index (κ2) is 11.6. The molecule has 12 rings (SSSR count). The Bertz CT molecular complexity index is 3480. The van der Waals surface area contributed by atoms with Crippen LogP contribution in [-0.4, -0.2) is 9.13 Å². The third-order valence-corrected chi connectivity index (χ3v) is 11.5. The van der Waals surface area contributed by atoms with Crippen molar-refractivity contribution in [3.63, 3.8) is 0 Å². The molecule has 0 aliphatic carbocycles. The summed E-state index contributed by atoms with van der Waals surface area (Å²) in [5, 5.41) is 9.62. The van der Waals surface area contributed by atoms with Crippen molar-refractivity contribution in [1.82, 2.24) is 9.13 Å². The van der Waals surface area contributed by atoms with Gasteiger partial charge in [0.1, 0.15) is 11.2 Å². The van der Waals surface area contributed by atoms with Crippen LogP contribution in [0.5, 0.6) is 0 Å². The highest BCUT2D eigenvalue weighted by Gasteiger charge is 2.21. The van der Waals surface area contributed by atoms with Crippen LogP contribution in [0.4, 0.5) is 0 Å². The summed E-state index contributed by atoms with van der Waals surface area (Å²) in [5.74, 6) is 0. The summed E-state index contributed by atoms with van der Waals surface area (Å²) in [6.07, 6.45) is 0. The molecule has 0 saturated carbocycles. The van der Waals surface area contributed by atoms with Gasteiger partial charge in [0.25, 0.3) is 0 Å². The van der Waals surface area contributed by atoms with Gasteiger partial charge in [0, 0.05) is 32.6 Å². The van der Waals surface area contributed by atoms with E-state index in [1.807, 2.05) is 0 Å². The lowest BCUT2D eigenvalue weighted by Crippen LogP contribution is -1.96. The standard InChI is InChI=1S/C52H32N2O/c1-2-15-37(16-3-1)53-45-22-9-6-18-40(45)42-27-25-35(30-48(42)53)34-26-28-47-44(29-34)41-19-7-10-23-46(41)54(47)49-31-36(39-21-12-14-33-13-4-5-17-38(33)39)32-51-52(49)43-20-8-11-24-50(43)55-51/h1-32H.